The second-order valence-electron chi connectivity index (χ2n) is 6.74. The molecule has 0 saturated carbocycles. The Kier molecular flexibility index (Phi) is 4.58. The molecule has 0 amide bonds. The number of nitrogens with one attached hydrogen (secondary N) is 1. The van der Waals surface area contributed by atoms with Crippen molar-refractivity contribution in [3.63, 3.8) is 0 Å². The molecule has 0 aliphatic heterocycles. The molecule has 2 aromatic carbocycles. The van der Waals surface area contributed by atoms with Crippen molar-refractivity contribution in [1.82, 2.24) is 14.6 Å². The summed E-state index contributed by atoms with van der Waals surface area (Å²) in [7, 11) is 0. The minimum absolute atomic E-state index is 0.143. The van der Waals surface area contributed by atoms with E-state index < -0.39 is 0 Å². The van der Waals surface area contributed by atoms with Gasteiger partial charge in [-0.3, -0.25) is 0 Å². The van der Waals surface area contributed by atoms with E-state index in [-0.39, 0.29) is 6.04 Å². The van der Waals surface area contributed by atoms with Crippen LogP contribution in [-0.4, -0.2) is 14.6 Å². The van der Waals surface area contributed by atoms with E-state index in [2.05, 4.69) is 36.5 Å². The molecule has 4 nitrogen and oxygen atoms in total. The van der Waals surface area contributed by atoms with Crippen LogP contribution in [0.4, 0.5) is 5.82 Å². The van der Waals surface area contributed by atoms with Crippen molar-refractivity contribution in [3.05, 3.63) is 82.6 Å². The van der Waals surface area contributed by atoms with Gasteiger partial charge in [-0.05, 0) is 32.4 Å². The molecule has 0 aliphatic carbocycles. The lowest BCUT2D eigenvalue weighted by atomic mass is 10.1. The van der Waals surface area contributed by atoms with Crippen molar-refractivity contribution in [3.8, 4) is 11.1 Å². The summed E-state index contributed by atoms with van der Waals surface area (Å²) in [6.07, 6.45) is 0. The summed E-state index contributed by atoms with van der Waals surface area (Å²) < 4.78 is 1.88. The number of anilines is 1. The maximum atomic E-state index is 6.45. The molecule has 0 unspecified atom stereocenters. The predicted octanol–water partition coefficient (Wildman–Crippen LogP) is 5.84. The fraction of sp³-hybridized carbons (Fsp3) is 0.182. The SMILES string of the molecule is Cc1cc(N[C@@H](C)c2ccccc2)n2nc(C)c(-c3ccccc3Cl)c2n1. The molecule has 136 valence electrons. The van der Waals surface area contributed by atoms with Gasteiger partial charge in [-0.1, -0.05) is 60.1 Å². The summed E-state index contributed by atoms with van der Waals surface area (Å²) in [6.45, 7) is 6.13. The smallest absolute Gasteiger partial charge is 0.165 e. The Labute approximate surface area is 163 Å². The Morgan fingerprint density at radius 3 is 2.44 bits per heavy atom. The first-order valence-corrected chi connectivity index (χ1v) is 9.36. The largest absolute Gasteiger partial charge is 0.363 e. The Morgan fingerprint density at radius 1 is 1.00 bits per heavy atom. The molecule has 0 fully saturated rings. The summed E-state index contributed by atoms with van der Waals surface area (Å²) in [5.41, 5.74) is 5.78. The van der Waals surface area contributed by atoms with Gasteiger partial charge in [0.25, 0.3) is 0 Å². The second-order valence-corrected chi connectivity index (χ2v) is 7.14. The van der Waals surface area contributed by atoms with E-state index in [1.807, 2.05) is 54.8 Å². The third-order valence-corrected chi connectivity index (χ3v) is 5.03. The van der Waals surface area contributed by atoms with Crippen LogP contribution in [0.5, 0.6) is 0 Å². The van der Waals surface area contributed by atoms with Gasteiger partial charge in [-0.25, -0.2) is 4.98 Å². The van der Waals surface area contributed by atoms with Crippen LogP contribution in [0.15, 0.2) is 60.7 Å². The first-order chi connectivity index (χ1) is 13.0. The van der Waals surface area contributed by atoms with E-state index in [0.717, 1.165) is 34.0 Å². The Balaban J connectivity index is 1.84. The molecule has 2 aromatic heterocycles. The van der Waals surface area contributed by atoms with Gasteiger partial charge in [-0.2, -0.15) is 9.61 Å². The quantitative estimate of drug-likeness (QED) is 0.486. The van der Waals surface area contributed by atoms with E-state index in [4.69, 9.17) is 21.7 Å². The topological polar surface area (TPSA) is 42.2 Å². The van der Waals surface area contributed by atoms with Crippen LogP contribution in [0.2, 0.25) is 5.02 Å². The highest BCUT2D eigenvalue weighted by Crippen LogP contribution is 2.34. The number of fused-ring (bicyclic) bond motifs is 1. The Morgan fingerprint density at radius 2 is 1.70 bits per heavy atom. The van der Waals surface area contributed by atoms with Crippen molar-refractivity contribution in [1.29, 1.82) is 0 Å². The molecule has 27 heavy (non-hydrogen) atoms. The summed E-state index contributed by atoms with van der Waals surface area (Å²) in [5.74, 6) is 0.912. The summed E-state index contributed by atoms with van der Waals surface area (Å²) in [6, 6.07) is 20.3. The highest BCUT2D eigenvalue weighted by Gasteiger charge is 2.18. The fourth-order valence-electron chi connectivity index (χ4n) is 3.37. The summed E-state index contributed by atoms with van der Waals surface area (Å²) in [5, 5.41) is 9.03. The van der Waals surface area contributed by atoms with Crippen molar-refractivity contribution < 1.29 is 0 Å². The lowest BCUT2D eigenvalue weighted by Crippen LogP contribution is -2.11. The molecule has 0 bridgehead atoms. The molecule has 0 spiro atoms. The van der Waals surface area contributed by atoms with Gasteiger partial charge in [0.2, 0.25) is 0 Å². The molecule has 1 N–H and O–H groups in total. The highest BCUT2D eigenvalue weighted by atomic mass is 35.5. The minimum atomic E-state index is 0.143. The number of aryl methyl sites for hydroxylation is 2. The molecular formula is C22H21ClN4. The average molecular weight is 377 g/mol. The van der Waals surface area contributed by atoms with Crippen LogP contribution in [0, 0.1) is 13.8 Å². The van der Waals surface area contributed by atoms with Crippen LogP contribution < -0.4 is 5.32 Å². The molecule has 1 atom stereocenters. The molecule has 4 aromatic rings. The standard InChI is InChI=1S/C22H21ClN4/c1-14-13-20(25-15(2)17-9-5-4-6-10-17)27-22(24-14)21(16(3)26-27)18-11-7-8-12-19(18)23/h4-13,15,25H,1-3H3/t15-/m0/s1. The lowest BCUT2D eigenvalue weighted by Gasteiger charge is -2.17. The number of benzene rings is 2. The minimum Gasteiger partial charge on any atom is -0.363 e. The number of halogens is 1. The maximum Gasteiger partial charge on any atom is 0.165 e. The van der Waals surface area contributed by atoms with Crippen molar-refractivity contribution in [2.75, 3.05) is 5.32 Å². The number of aromatic nitrogens is 3. The lowest BCUT2D eigenvalue weighted by molar-refractivity contribution is 0.833. The maximum absolute atomic E-state index is 6.45. The van der Waals surface area contributed by atoms with Gasteiger partial charge in [0.1, 0.15) is 5.82 Å². The van der Waals surface area contributed by atoms with Gasteiger partial charge < -0.3 is 5.32 Å². The highest BCUT2D eigenvalue weighted by molar-refractivity contribution is 6.33. The zero-order valence-electron chi connectivity index (χ0n) is 15.6. The molecule has 4 rings (SSSR count). The number of nitrogens with zero attached hydrogens (tertiary/aromatic N) is 3. The Bertz CT molecular complexity index is 1100. The van der Waals surface area contributed by atoms with Gasteiger partial charge in [0.15, 0.2) is 5.65 Å². The summed E-state index contributed by atoms with van der Waals surface area (Å²) >= 11 is 6.45. The van der Waals surface area contributed by atoms with Gasteiger partial charge in [-0.15, -0.1) is 0 Å². The third kappa shape index (κ3) is 3.28. The molecular weight excluding hydrogens is 356 g/mol. The predicted molar refractivity (Wildman–Crippen MR) is 111 cm³/mol. The van der Waals surface area contributed by atoms with Crippen LogP contribution in [0.25, 0.3) is 16.8 Å². The molecule has 0 aliphatic rings. The zero-order chi connectivity index (χ0) is 19.0. The third-order valence-electron chi connectivity index (χ3n) is 4.70. The monoisotopic (exact) mass is 376 g/mol. The molecule has 5 heteroatoms. The normalized spacial score (nSPS) is 12.3. The fourth-order valence-corrected chi connectivity index (χ4v) is 3.60. The van der Waals surface area contributed by atoms with Crippen molar-refractivity contribution >= 4 is 23.1 Å². The first kappa shape index (κ1) is 17.6. The number of hydrogen-bond acceptors (Lipinski definition) is 3. The van der Waals surface area contributed by atoms with Crippen LogP contribution in [0.3, 0.4) is 0 Å². The van der Waals surface area contributed by atoms with Gasteiger partial charge in [0.05, 0.1) is 11.3 Å². The molecule has 0 saturated heterocycles. The summed E-state index contributed by atoms with van der Waals surface area (Å²) in [4.78, 5) is 4.76. The van der Waals surface area contributed by atoms with E-state index in [1.54, 1.807) is 0 Å². The second kappa shape index (κ2) is 7.05. The van der Waals surface area contributed by atoms with Crippen LogP contribution in [-0.2, 0) is 0 Å². The van der Waals surface area contributed by atoms with Crippen molar-refractivity contribution in [2.45, 2.75) is 26.8 Å². The van der Waals surface area contributed by atoms with Gasteiger partial charge in [0, 0.05) is 28.4 Å². The first-order valence-electron chi connectivity index (χ1n) is 8.98. The van der Waals surface area contributed by atoms with Crippen molar-refractivity contribution in [2.24, 2.45) is 0 Å². The molecule has 2 heterocycles. The van der Waals surface area contributed by atoms with E-state index in [9.17, 15) is 0 Å². The average Bonchev–Trinajstić information content (AvgIpc) is 2.99. The van der Waals surface area contributed by atoms with E-state index in [1.165, 1.54) is 5.56 Å². The van der Waals surface area contributed by atoms with Crippen LogP contribution >= 0.6 is 11.6 Å². The van der Waals surface area contributed by atoms with E-state index >= 15 is 0 Å². The number of hydrogen-bond donors (Lipinski definition) is 1. The zero-order valence-corrected chi connectivity index (χ0v) is 16.3. The number of rotatable bonds is 4. The molecule has 0 radical (unpaired) electrons. The van der Waals surface area contributed by atoms with E-state index in [0.29, 0.717) is 5.02 Å². The van der Waals surface area contributed by atoms with Gasteiger partial charge >= 0.3 is 0 Å². The van der Waals surface area contributed by atoms with Crippen LogP contribution in [0.1, 0.15) is 29.9 Å². The Hall–Kier alpha value is -2.85.